The van der Waals surface area contributed by atoms with Crippen molar-refractivity contribution in [2.45, 2.75) is 30.7 Å². The Bertz CT molecular complexity index is 959. The van der Waals surface area contributed by atoms with Crippen molar-refractivity contribution < 1.29 is 4.52 Å². The minimum Gasteiger partial charge on any atom is -0.338 e. The summed E-state index contributed by atoms with van der Waals surface area (Å²) in [4.78, 5) is 12.9. The molecule has 0 N–H and O–H groups in total. The molecule has 8 heteroatoms. The van der Waals surface area contributed by atoms with E-state index in [4.69, 9.17) is 4.52 Å². The molecule has 4 aromatic rings. The highest BCUT2D eigenvalue weighted by atomic mass is 32.2. The molecule has 0 saturated heterocycles. The SMILES string of the molecule is CC(C)c1ccc(-c2noc(CSc3nc4ncccn4n3)n2)cc1. The Morgan fingerprint density at radius 2 is 2.00 bits per heavy atom. The second-order valence-electron chi connectivity index (χ2n) is 5.84. The molecule has 0 aliphatic rings. The molecular formula is C17H16N6OS. The van der Waals surface area contributed by atoms with Crippen molar-refractivity contribution in [3.8, 4) is 11.4 Å². The lowest BCUT2D eigenvalue weighted by atomic mass is 10.0. The van der Waals surface area contributed by atoms with Crippen LogP contribution in [0.2, 0.25) is 0 Å². The molecule has 0 amide bonds. The zero-order chi connectivity index (χ0) is 17.2. The summed E-state index contributed by atoms with van der Waals surface area (Å²) in [7, 11) is 0. The van der Waals surface area contributed by atoms with Crippen LogP contribution >= 0.6 is 11.8 Å². The average molecular weight is 352 g/mol. The molecule has 0 bridgehead atoms. The Labute approximate surface area is 148 Å². The van der Waals surface area contributed by atoms with Gasteiger partial charge in [-0.1, -0.05) is 55.0 Å². The Kier molecular flexibility index (Phi) is 4.19. The van der Waals surface area contributed by atoms with Gasteiger partial charge < -0.3 is 4.52 Å². The summed E-state index contributed by atoms with van der Waals surface area (Å²) in [6, 6.07) is 10.0. The van der Waals surface area contributed by atoms with Crippen LogP contribution in [0.15, 0.2) is 52.4 Å². The van der Waals surface area contributed by atoms with Crippen LogP contribution in [0.5, 0.6) is 0 Å². The van der Waals surface area contributed by atoms with Crippen LogP contribution in [0.3, 0.4) is 0 Å². The van der Waals surface area contributed by atoms with E-state index in [1.165, 1.54) is 17.3 Å². The van der Waals surface area contributed by atoms with Crippen molar-refractivity contribution >= 4 is 17.5 Å². The third-order valence-corrected chi connectivity index (χ3v) is 4.55. The van der Waals surface area contributed by atoms with Gasteiger partial charge in [0.05, 0.1) is 5.75 Å². The molecule has 0 spiro atoms. The normalized spacial score (nSPS) is 11.5. The van der Waals surface area contributed by atoms with Gasteiger partial charge in [-0.2, -0.15) is 9.97 Å². The molecule has 0 unspecified atom stereocenters. The van der Waals surface area contributed by atoms with Crippen molar-refractivity contribution in [1.29, 1.82) is 0 Å². The van der Waals surface area contributed by atoms with Crippen molar-refractivity contribution in [1.82, 2.24) is 29.7 Å². The molecule has 3 heterocycles. The van der Waals surface area contributed by atoms with E-state index in [-0.39, 0.29) is 0 Å². The van der Waals surface area contributed by atoms with Crippen LogP contribution in [0.1, 0.15) is 31.2 Å². The highest BCUT2D eigenvalue weighted by Crippen LogP contribution is 2.23. The third-order valence-electron chi connectivity index (χ3n) is 3.73. The maximum absolute atomic E-state index is 5.33. The summed E-state index contributed by atoms with van der Waals surface area (Å²) in [5.74, 6) is 2.71. The van der Waals surface area contributed by atoms with Gasteiger partial charge in [-0.05, 0) is 17.5 Å². The Balaban J connectivity index is 1.45. The molecular weight excluding hydrogens is 336 g/mol. The van der Waals surface area contributed by atoms with Gasteiger partial charge in [0.1, 0.15) is 0 Å². The first-order valence-corrected chi connectivity index (χ1v) is 8.91. The summed E-state index contributed by atoms with van der Waals surface area (Å²) in [6.45, 7) is 4.34. The second kappa shape index (κ2) is 6.64. The Hall–Kier alpha value is -2.74. The van der Waals surface area contributed by atoms with Crippen LogP contribution in [0, 0.1) is 0 Å². The largest absolute Gasteiger partial charge is 0.338 e. The summed E-state index contributed by atoms with van der Waals surface area (Å²) < 4.78 is 6.97. The zero-order valence-corrected chi connectivity index (χ0v) is 14.6. The maximum atomic E-state index is 5.33. The van der Waals surface area contributed by atoms with E-state index in [1.807, 2.05) is 24.4 Å². The van der Waals surface area contributed by atoms with Gasteiger partial charge in [-0.3, -0.25) is 0 Å². The van der Waals surface area contributed by atoms with Gasteiger partial charge in [0.25, 0.3) is 5.78 Å². The molecule has 4 rings (SSSR count). The fourth-order valence-corrected chi connectivity index (χ4v) is 3.01. The highest BCUT2D eigenvalue weighted by molar-refractivity contribution is 7.98. The van der Waals surface area contributed by atoms with Crippen LogP contribution in [-0.4, -0.2) is 29.7 Å². The number of fused-ring (bicyclic) bond motifs is 1. The molecule has 0 atom stereocenters. The lowest BCUT2D eigenvalue weighted by Crippen LogP contribution is -1.88. The molecule has 0 saturated carbocycles. The average Bonchev–Trinajstić information content (AvgIpc) is 3.26. The van der Waals surface area contributed by atoms with Crippen molar-refractivity contribution in [2.75, 3.05) is 0 Å². The quantitative estimate of drug-likeness (QED) is 0.508. The lowest BCUT2D eigenvalue weighted by molar-refractivity contribution is 0.391. The number of nitrogens with zero attached hydrogens (tertiary/aromatic N) is 6. The summed E-state index contributed by atoms with van der Waals surface area (Å²) in [5.41, 5.74) is 2.23. The molecule has 0 aliphatic carbocycles. The molecule has 0 aliphatic heterocycles. The molecule has 0 fully saturated rings. The first-order chi connectivity index (χ1) is 12.2. The van der Waals surface area contributed by atoms with Gasteiger partial charge in [-0.15, -0.1) is 5.10 Å². The number of benzene rings is 1. The fraction of sp³-hybridized carbons (Fsp3) is 0.235. The van der Waals surface area contributed by atoms with Crippen molar-refractivity contribution in [2.24, 2.45) is 0 Å². The predicted molar refractivity (Wildman–Crippen MR) is 94.2 cm³/mol. The summed E-state index contributed by atoms with van der Waals surface area (Å²) in [5, 5.41) is 9.02. The van der Waals surface area contributed by atoms with Gasteiger partial charge in [0.2, 0.25) is 16.9 Å². The molecule has 3 aromatic heterocycles. The lowest BCUT2D eigenvalue weighted by Gasteiger charge is -2.04. The summed E-state index contributed by atoms with van der Waals surface area (Å²) >= 11 is 1.43. The van der Waals surface area contributed by atoms with Crippen LogP contribution in [-0.2, 0) is 5.75 Å². The number of thioether (sulfide) groups is 1. The Morgan fingerprint density at radius 3 is 2.76 bits per heavy atom. The van der Waals surface area contributed by atoms with Gasteiger partial charge in [0.15, 0.2) is 0 Å². The number of rotatable bonds is 5. The topological polar surface area (TPSA) is 82.0 Å². The maximum Gasteiger partial charge on any atom is 0.253 e. The van der Waals surface area contributed by atoms with E-state index in [0.29, 0.717) is 34.3 Å². The molecule has 126 valence electrons. The van der Waals surface area contributed by atoms with Crippen molar-refractivity contribution in [3.63, 3.8) is 0 Å². The van der Waals surface area contributed by atoms with E-state index in [1.54, 1.807) is 10.7 Å². The van der Waals surface area contributed by atoms with Gasteiger partial charge >= 0.3 is 0 Å². The Morgan fingerprint density at radius 1 is 1.16 bits per heavy atom. The molecule has 25 heavy (non-hydrogen) atoms. The smallest absolute Gasteiger partial charge is 0.253 e. The van der Waals surface area contributed by atoms with Crippen LogP contribution in [0.25, 0.3) is 17.2 Å². The monoisotopic (exact) mass is 352 g/mol. The van der Waals surface area contributed by atoms with Crippen molar-refractivity contribution in [3.05, 3.63) is 54.2 Å². The first kappa shape index (κ1) is 15.8. The van der Waals surface area contributed by atoms with Gasteiger partial charge in [0, 0.05) is 18.0 Å². The van der Waals surface area contributed by atoms with Crippen LogP contribution < -0.4 is 0 Å². The highest BCUT2D eigenvalue weighted by Gasteiger charge is 2.11. The van der Waals surface area contributed by atoms with E-state index in [9.17, 15) is 0 Å². The molecule has 1 aromatic carbocycles. The molecule has 0 radical (unpaired) electrons. The fourth-order valence-electron chi connectivity index (χ4n) is 2.35. The summed E-state index contributed by atoms with van der Waals surface area (Å²) in [6.07, 6.45) is 3.50. The molecule has 7 nitrogen and oxygen atoms in total. The number of aromatic nitrogens is 6. The number of hydrogen-bond acceptors (Lipinski definition) is 7. The zero-order valence-electron chi connectivity index (χ0n) is 13.8. The van der Waals surface area contributed by atoms with E-state index in [0.717, 1.165) is 5.56 Å². The third kappa shape index (κ3) is 3.39. The number of hydrogen-bond donors (Lipinski definition) is 0. The van der Waals surface area contributed by atoms with Gasteiger partial charge in [-0.25, -0.2) is 9.50 Å². The standard InChI is InChI=1S/C17H16N6OS/c1-11(2)12-4-6-13(7-5-12)15-19-14(24-22-15)10-25-17-20-16-18-8-3-9-23(16)21-17/h3-9,11H,10H2,1-2H3. The van der Waals surface area contributed by atoms with Crippen LogP contribution in [0.4, 0.5) is 0 Å². The first-order valence-electron chi connectivity index (χ1n) is 7.92. The minimum absolute atomic E-state index is 0.499. The minimum atomic E-state index is 0.499. The second-order valence-corrected chi connectivity index (χ2v) is 6.78. The van der Waals surface area contributed by atoms with E-state index in [2.05, 4.69) is 51.2 Å². The predicted octanol–water partition coefficient (Wildman–Crippen LogP) is 3.59. The van der Waals surface area contributed by atoms with E-state index < -0.39 is 0 Å². The van der Waals surface area contributed by atoms with E-state index >= 15 is 0 Å².